The molecule has 2 rings (SSSR count). The van der Waals surface area contributed by atoms with Gasteiger partial charge in [-0.1, -0.05) is 17.7 Å². The first-order chi connectivity index (χ1) is 11.7. The minimum Gasteiger partial charge on any atom is -0.451 e. The van der Waals surface area contributed by atoms with Gasteiger partial charge in [0.2, 0.25) is 10.0 Å². The molecule has 1 heterocycles. The van der Waals surface area contributed by atoms with Gasteiger partial charge in [-0.3, -0.25) is 4.79 Å². The van der Waals surface area contributed by atoms with Crippen molar-refractivity contribution in [3.05, 3.63) is 47.2 Å². The topological polar surface area (TPSA) is 106 Å². The molecule has 10 heteroatoms. The molecular weight excluding hydrogens is 370 g/mol. The van der Waals surface area contributed by atoms with Crippen LogP contribution in [0.15, 0.2) is 41.4 Å². The number of hydrogen-bond acceptors (Lipinski definition) is 5. The van der Waals surface area contributed by atoms with Crippen LogP contribution >= 0.6 is 11.6 Å². The molecule has 2 N–H and O–H groups in total. The zero-order valence-electron chi connectivity index (χ0n) is 13.4. The van der Waals surface area contributed by atoms with Crippen LogP contribution in [0.25, 0.3) is 0 Å². The van der Waals surface area contributed by atoms with Gasteiger partial charge in [0.05, 0.1) is 0 Å². The van der Waals surface area contributed by atoms with E-state index in [1.54, 1.807) is 24.3 Å². The number of amides is 1. The van der Waals surface area contributed by atoms with E-state index in [0.29, 0.717) is 10.7 Å². The van der Waals surface area contributed by atoms with Gasteiger partial charge in [0, 0.05) is 24.0 Å². The van der Waals surface area contributed by atoms with E-state index < -0.39 is 28.5 Å². The number of nitrogens with zero attached hydrogens (tertiary/aromatic N) is 1. The quantitative estimate of drug-likeness (QED) is 0.730. The smallest absolute Gasteiger partial charge is 0.355 e. The molecule has 0 aliphatic carbocycles. The van der Waals surface area contributed by atoms with Crippen molar-refractivity contribution in [3.8, 4) is 0 Å². The van der Waals surface area contributed by atoms with E-state index in [1.807, 2.05) is 0 Å². The summed E-state index contributed by atoms with van der Waals surface area (Å²) < 4.78 is 31.8. The second-order valence-corrected chi connectivity index (χ2v) is 7.34. The molecule has 0 radical (unpaired) electrons. The van der Waals surface area contributed by atoms with Crippen LogP contribution in [0.4, 0.5) is 5.69 Å². The lowest BCUT2D eigenvalue weighted by atomic mass is 10.3. The van der Waals surface area contributed by atoms with Gasteiger partial charge < -0.3 is 14.6 Å². The molecular formula is C15H16ClN3O5S. The fourth-order valence-corrected chi connectivity index (χ4v) is 2.96. The van der Waals surface area contributed by atoms with Crippen molar-refractivity contribution in [3.63, 3.8) is 0 Å². The van der Waals surface area contributed by atoms with Crippen LogP contribution in [0.5, 0.6) is 0 Å². The van der Waals surface area contributed by atoms with Crippen LogP contribution < -0.4 is 10.0 Å². The number of nitrogens with one attached hydrogen (secondary N) is 2. The Kier molecular flexibility index (Phi) is 5.83. The van der Waals surface area contributed by atoms with Gasteiger partial charge >= 0.3 is 5.97 Å². The van der Waals surface area contributed by atoms with Crippen LogP contribution in [-0.2, 0) is 26.6 Å². The molecule has 2 aromatic rings. The number of esters is 1. The standard InChI is InChI=1S/C15H16ClN3O5S/c1-17-25(22,23)12-7-13(19(2)8-12)15(21)24-9-14(20)18-11-5-3-4-10(16)6-11/h3-8,17H,9H2,1-2H3,(H,18,20). The van der Waals surface area contributed by atoms with Crippen LogP contribution in [0.2, 0.25) is 5.02 Å². The molecule has 0 unspecified atom stereocenters. The second kappa shape index (κ2) is 7.68. The van der Waals surface area contributed by atoms with Crippen molar-refractivity contribution < 1.29 is 22.7 Å². The molecule has 0 saturated heterocycles. The minimum atomic E-state index is -3.68. The largest absolute Gasteiger partial charge is 0.451 e. The molecule has 0 atom stereocenters. The summed E-state index contributed by atoms with van der Waals surface area (Å²) in [6.07, 6.45) is 1.27. The predicted molar refractivity (Wildman–Crippen MR) is 92.0 cm³/mol. The first-order valence-electron chi connectivity index (χ1n) is 7.05. The summed E-state index contributed by atoms with van der Waals surface area (Å²) in [5.41, 5.74) is 0.471. The molecule has 0 aliphatic rings. The van der Waals surface area contributed by atoms with Crippen molar-refractivity contribution >= 4 is 39.2 Å². The number of carbonyl (C=O) groups is 2. The van der Waals surface area contributed by atoms with Crippen LogP contribution in [0.1, 0.15) is 10.5 Å². The lowest BCUT2D eigenvalue weighted by molar-refractivity contribution is -0.119. The van der Waals surface area contributed by atoms with Gasteiger partial charge in [-0.2, -0.15) is 0 Å². The molecule has 8 nitrogen and oxygen atoms in total. The number of carbonyl (C=O) groups excluding carboxylic acids is 2. The number of halogens is 1. The second-order valence-electron chi connectivity index (χ2n) is 5.01. The first kappa shape index (κ1) is 19.0. The van der Waals surface area contributed by atoms with Crippen LogP contribution in [0.3, 0.4) is 0 Å². The maximum atomic E-state index is 12.0. The number of anilines is 1. The number of sulfonamides is 1. The fraction of sp³-hybridized carbons (Fsp3) is 0.200. The normalized spacial score (nSPS) is 11.2. The molecule has 1 aromatic carbocycles. The number of aromatic nitrogens is 1. The van der Waals surface area contributed by atoms with Gasteiger partial charge in [-0.25, -0.2) is 17.9 Å². The Hall–Kier alpha value is -2.36. The number of ether oxygens (including phenoxy) is 1. The zero-order valence-corrected chi connectivity index (χ0v) is 15.0. The number of rotatable bonds is 6. The van der Waals surface area contributed by atoms with Crippen molar-refractivity contribution in [2.45, 2.75) is 4.90 Å². The Bertz CT molecular complexity index is 908. The van der Waals surface area contributed by atoms with E-state index >= 15 is 0 Å². The van der Waals surface area contributed by atoms with Crippen molar-refractivity contribution in [1.82, 2.24) is 9.29 Å². The van der Waals surface area contributed by atoms with E-state index in [0.717, 1.165) is 0 Å². The first-order valence-corrected chi connectivity index (χ1v) is 8.91. The van der Waals surface area contributed by atoms with Crippen molar-refractivity contribution in [1.29, 1.82) is 0 Å². The third-order valence-electron chi connectivity index (χ3n) is 3.21. The average Bonchev–Trinajstić information content (AvgIpc) is 2.95. The maximum Gasteiger partial charge on any atom is 0.355 e. The molecule has 0 aliphatic heterocycles. The Morgan fingerprint density at radius 2 is 2.00 bits per heavy atom. The summed E-state index contributed by atoms with van der Waals surface area (Å²) in [6.45, 7) is -0.523. The summed E-state index contributed by atoms with van der Waals surface area (Å²) in [7, 11) is -0.918. The fourth-order valence-electron chi connectivity index (χ4n) is 1.97. The SMILES string of the molecule is CNS(=O)(=O)c1cc(C(=O)OCC(=O)Nc2cccc(Cl)c2)n(C)c1. The molecule has 1 amide bonds. The lowest BCUT2D eigenvalue weighted by Crippen LogP contribution is -2.21. The van der Waals surface area contributed by atoms with Crippen LogP contribution in [0, 0.1) is 0 Å². The van der Waals surface area contributed by atoms with Crippen molar-refractivity contribution in [2.24, 2.45) is 7.05 Å². The van der Waals surface area contributed by atoms with Gasteiger partial charge in [-0.15, -0.1) is 0 Å². The molecule has 134 valence electrons. The summed E-state index contributed by atoms with van der Waals surface area (Å²) in [5, 5.41) is 2.98. The molecule has 0 fully saturated rings. The zero-order chi connectivity index (χ0) is 18.6. The van der Waals surface area contributed by atoms with Crippen LogP contribution in [-0.4, -0.2) is 38.5 Å². The molecule has 0 bridgehead atoms. The van der Waals surface area contributed by atoms with E-state index in [1.165, 1.54) is 30.9 Å². The van der Waals surface area contributed by atoms with E-state index in [4.69, 9.17) is 16.3 Å². The molecule has 25 heavy (non-hydrogen) atoms. The highest BCUT2D eigenvalue weighted by atomic mass is 35.5. The highest BCUT2D eigenvalue weighted by Crippen LogP contribution is 2.15. The number of aryl methyl sites for hydroxylation is 1. The van der Waals surface area contributed by atoms with E-state index in [-0.39, 0.29) is 10.6 Å². The van der Waals surface area contributed by atoms with Gasteiger partial charge in [0.25, 0.3) is 5.91 Å². The highest BCUT2D eigenvalue weighted by molar-refractivity contribution is 7.89. The van der Waals surface area contributed by atoms with Gasteiger partial charge in [-0.05, 0) is 31.3 Å². The summed E-state index contributed by atoms with van der Waals surface area (Å²) in [4.78, 5) is 23.8. The predicted octanol–water partition coefficient (Wildman–Crippen LogP) is 1.38. The Balaban J connectivity index is 1.99. The average molecular weight is 386 g/mol. The molecule has 1 aromatic heterocycles. The lowest BCUT2D eigenvalue weighted by Gasteiger charge is -2.07. The monoisotopic (exact) mass is 385 g/mol. The summed E-state index contributed by atoms with van der Waals surface area (Å²) in [5.74, 6) is -1.37. The molecule has 0 spiro atoms. The van der Waals surface area contributed by atoms with Gasteiger partial charge in [0.1, 0.15) is 10.6 Å². The Morgan fingerprint density at radius 1 is 1.28 bits per heavy atom. The molecule has 0 saturated carbocycles. The Labute approximate surface area is 149 Å². The third-order valence-corrected chi connectivity index (χ3v) is 4.83. The third kappa shape index (κ3) is 4.81. The minimum absolute atomic E-state index is 0.00406. The number of benzene rings is 1. The summed E-state index contributed by atoms with van der Waals surface area (Å²) >= 11 is 5.81. The number of hydrogen-bond donors (Lipinski definition) is 2. The van der Waals surface area contributed by atoms with Crippen molar-refractivity contribution in [2.75, 3.05) is 19.0 Å². The highest BCUT2D eigenvalue weighted by Gasteiger charge is 2.20. The Morgan fingerprint density at radius 3 is 2.64 bits per heavy atom. The van der Waals surface area contributed by atoms with E-state index in [9.17, 15) is 18.0 Å². The maximum absolute atomic E-state index is 12.0. The van der Waals surface area contributed by atoms with Gasteiger partial charge in [0.15, 0.2) is 6.61 Å². The summed E-state index contributed by atoms with van der Waals surface area (Å²) in [6, 6.07) is 7.68. The van der Waals surface area contributed by atoms with E-state index in [2.05, 4.69) is 10.0 Å².